The number of carbonyl (C=O) groups excluding carboxylic acids is 2. The standard InChI is InChI=1S/C24H23FN2O2/c1-17-12-13-20(16-21(17)25)23(28)26-14-15-27-24(29)22(18-8-4-2-5-9-18)19-10-6-3-7-11-19/h2-13,16,22H,14-15H2,1H3,(H,26,28)(H,27,29). The molecule has 0 bridgehead atoms. The first kappa shape index (κ1) is 20.3. The van der Waals surface area contributed by atoms with Crippen LogP contribution in [0.5, 0.6) is 0 Å². The quantitative estimate of drug-likeness (QED) is 0.603. The number of halogens is 1. The number of hydrogen-bond donors (Lipinski definition) is 2. The molecule has 2 amide bonds. The van der Waals surface area contributed by atoms with E-state index in [4.69, 9.17) is 0 Å². The van der Waals surface area contributed by atoms with Gasteiger partial charge in [0.05, 0.1) is 5.92 Å². The van der Waals surface area contributed by atoms with Crippen molar-refractivity contribution < 1.29 is 14.0 Å². The van der Waals surface area contributed by atoms with Gasteiger partial charge in [0.1, 0.15) is 5.82 Å². The van der Waals surface area contributed by atoms with Gasteiger partial charge < -0.3 is 10.6 Å². The summed E-state index contributed by atoms with van der Waals surface area (Å²) in [4.78, 5) is 25.0. The molecular formula is C24H23FN2O2. The number of rotatable bonds is 7. The van der Waals surface area contributed by atoms with Gasteiger partial charge in [0.2, 0.25) is 5.91 Å². The van der Waals surface area contributed by atoms with Gasteiger partial charge in [-0.3, -0.25) is 9.59 Å². The number of carbonyl (C=O) groups is 2. The third kappa shape index (κ3) is 5.29. The normalized spacial score (nSPS) is 10.6. The Morgan fingerprint density at radius 2 is 1.38 bits per heavy atom. The van der Waals surface area contributed by atoms with E-state index < -0.39 is 11.7 Å². The first-order chi connectivity index (χ1) is 14.1. The van der Waals surface area contributed by atoms with Crippen molar-refractivity contribution in [2.45, 2.75) is 12.8 Å². The summed E-state index contributed by atoms with van der Waals surface area (Å²) in [5.74, 6) is -1.36. The Morgan fingerprint density at radius 3 is 1.93 bits per heavy atom. The molecular weight excluding hydrogens is 367 g/mol. The fourth-order valence-corrected chi connectivity index (χ4v) is 3.09. The SMILES string of the molecule is Cc1ccc(C(=O)NCCNC(=O)C(c2ccccc2)c2ccccc2)cc1F. The molecule has 0 radical (unpaired) electrons. The largest absolute Gasteiger partial charge is 0.354 e. The second-order valence-electron chi connectivity index (χ2n) is 6.77. The molecule has 2 N–H and O–H groups in total. The number of amides is 2. The lowest BCUT2D eigenvalue weighted by molar-refractivity contribution is -0.121. The minimum absolute atomic E-state index is 0.141. The molecule has 0 spiro atoms. The maximum atomic E-state index is 13.6. The number of hydrogen-bond acceptors (Lipinski definition) is 2. The third-order valence-electron chi connectivity index (χ3n) is 4.67. The highest BCUT2D eigenvalue weighted by Crippen LogP contribution is 2.24. The van der Waals surface area contributed by atoms with E-state index in [0.29, 0.717) is 5.56 Å². The molecule has 0 aromatic heterocycles. The first-order valence-electron chi connectivity index (χ1n) is 9.48. The Morgan fingerprint density at radius 1 is 0.828 bits per heavy atom. The lowest BCUT2D eigenvalue weighted by Gasteiger charge is -2.18. The molecule has 3 aromatic rings. The van der Waals surface area contributed by atoms with Gasteiger partial charge in [-0.1, -0.05) is 66.7 Å². The van der Waals surface area contributed by atoms with E-state index in [9.17, 15) is 14.0 Å². The summed E-state index contributed by atoms with van der Waals surface area (Å²) in [6.45, 7) is 2.16. The fourth-order valence-electron chi connectivity index (χ4n) is 3.09. The van der Waals surface area contributed by atoms with Crippen molar-refractivity contribution in [1.29, 1.82) is 0 Å². The highest BCUT2D eigenvalue weighted by atomic mass is 19.1. The van der Waals surface area contributed by atoms with Crippen molar-refractivity contribution >= 4 is 11.8 Å². The van der Waals surface area contributed by atoms with Crippen LogP contribution in [-0.4, -0.2) is 24.9 Å². The molecule has 0 aliphatic heterocycles. The second-order valence-corrected chi connectivity index (χ2v) is 6.77. The molecule has 3 aromatic carbocycles. The van der Waals surface area contributed by atoms with Crippen molar-refractivity contribution in [2.24, 2.45) is 0 Å². The predicted octanol–water partition coefficient (Wildman–Crippen LogP) is 3.81. The highest BCUT2D eigenvalue weighted by molar-refractivity contribution is 5.94. The van der Waals surface area contributed by atoms with Crippen LogP contribution in [0.3, 0.4) is 0 Å². The summed E-state index contributed by atoms with van der Waals surface area (Å²) in [5, 5.41) is 5.58. The molecule has 0 saturated heterocycles. The van der Waals surface area contributed by atoms with Gasteiger partial charge in [-0.25, -0.2) is 4.39 Å². The topological polar surface area (TPSA) is 58.2 Å². The van der Waals surface area contributed by atoms with E-state index in [2.05, 4.69) is 10.6 Å². The first-order valence-corrected chi connectivity index (χ1v) is 9.48. The van der Waals surface area contributed by atoms with Crippen LogP contribution in [0.25, 0.3) is 0 Å². The number of aryl methyl sites for hydroxylation is 1. The summed E-state index contributed by atoms with van der Waals surface area (Å²) in [7, 11) is 0. The lowest BCUT2D eigenvalue weighted by atomic mass is 9.90. The number of benzene rings is 3. The molecule has 0 fully saturated rings. The van der Waals surface area contributed by atoms with Crippen molar-refractivity contribution in [1.82, 2.24) is 10.6 Å². The Hall–Kier alpha value is -3.47. The average Bonchev–Trinajstić information content (AvgIpc) is 2.75. The minimum atomic E-state index is -0.431. The van der Waals surface area contributed by atoms with Gasteiger partial charge in [-0.15, -0.1) is 0 Å². The molecule has 0 aliphatic rings. The molecule has 29 heavy (non-hydrogen) atoms. The van der Waals surface area contributed by atoms with Crippen LogP contribution in [0.2, 0.25) is 0 Å². The summed E-state index contributed by atoms with van der Waals surface area (Å²) < 4.78 is 13.6. The van der Waals surface area contributed by atoms with Crippen molar-refractivity contribution in [3.63, 3.8) is 0 Å². The van der Waals surface area contributed by atoms with Crippen LogP contribution in [0, 0.1) is 12.7 Å². The van der Waals surface area contributed by atoms with E-state index in [1.54, 1.807) is 19.1 Å². The molecule has 0 atom stereocenters. The summed E-state index contributed by atoms with van der Waals surface area (Å²) in [6, 6.07) is 23.5. The molecule has 0 heterocycles. The molecule has 0 unspecified atom stereocenters. The molecule has 0 saturated carbocycles. The van der Waals surface area contributed by atoms with E-state index in [0.717, 1.165) is 11.1 Å². The Labute approximate surface area is 169 Å². The average molecular weight is 390 g/mol. The molecule has 5 heteroatoms. The zero-order chi connectivity index (χ0) is 20.6. The van der Waals surface area contributed by atoms with Gasteiger partial charge in [0, 0.05) is 18.7 Å². The summed E-state index contributed by atoms with van der Waals surface area (Å²) >= 11 is 0. The molecule has 0 aliphatic carbocycles. The summed E-state index contributed by atoms with van der Waals surface area (Å²) in [5.41, 5.74) is 2.54. The Kier molecular flexibility index (Phi) is 6.74. The van der Waals surface area contributed by atoms with E-state index in [1.165, 1.54) is 6.07 Å². The van der Waals surface area contributed by atoms with E-state index in [-0.39, 0.29) is 30.5 Å². The zero-order valence-electron chi connectivity index (χ0n) is 16.2. The van der Waals surface area contributed by atoms with E-state index in [1.807, 2.05) is 60.7 Å². The minimum Gasteiger partial charge on any atom is -0.354 e. The van der Waals surface area contributed by atoms with E-state index >= 15 is 0 Å². The molecule has 3 rings (SSSR count). The van der Waals surface area contributed by atoms with Crippen LogP contribution in [0.15, 0.2) is 78.9 Å². The Balaban J connectivity index is 1.59. The maximum absolute atomic E-state index is 13.6. The van der Waals surface area contributed by atoms with Gasteiger partial charge in [-0.2, -0.15) is 0 Å². The van der Waals surface area contributed by atoms with Crippen molar-refractivity contribution in [3.05, 3.63) is 107 Å². The lowest BCUT2D eigenvalue weighted by Crippen LogP contribution is -2.37. The van der Waals surface area contributed by atoms with Gasteiger partial charge >= 0.3 is 0 Å². The van der Waals surface area contributed by atoms with Crippen LogP contribution < -0.4 is 10.6 Å². The fraction of sp³-hybridized carbons (Fsp3) is 0.167. The molecule has 148 valence electrons. The zero-order valence-corrected chi connectivity index (χ0v) is 16.2. The smallest absolute Gasteiger partial charge is 0.251 e. The Bertz CT molecular complexity index is 935. The van der Waals surface area contributed by atoms with Crippen LogP contribution in [0.4, 0.5) is 4.39 Å². The maximum Gasteiger partial charge on any atom is 0.251 e. The second kappa shape index (κ2) is 9.64. The van der Waals surface area contributed by atoms with Gasteiger partial charge in [-0.05, 0) is 35.7 Å². The van der Waals surface area contributed by atoms with Crippen LogP contribution in [-0.2, 0) is 4.79 Å². The van der Waals surface area contributed by atoms with Crippen LogP contribution in [0.1, 0.15) is 33.0 Å². The van der Waals surface area contributed by atoms with Crippen LogP contribution >= 0.6 is 0 Å². The van der Waals surface area contributed by atoms with Gasteiger partial charge in [0.15, 0.2) is 0 Å². The van der Waals surface area contributed by atoms with Crippen molar-refractivity contribution in [2.75, 3.05) is 13.1 Å². The predicted molar refractivity (Wildman–Crippen MR) is 111 cm³/mol. The van der Waals surface area contributed by atoms with Gasteiger partial charge in [0.25, 0.3) is 5.91 Å². The highest BCUT2D eigenvalue weighted by Gasteiger charge is 2.22. The van der Waals surface area contributed by atoms with Crippen molar-refractivity contribution in [3.8, 4) is 0 Å². The monoisotopic (exact) mass is 390 g/mol. The molecule has 4 nitrogen and oxygen atoms in total. The third-order valence-corrected chi connectivity index (χ3v) is 4.67. The summed E-state index contributed by atoms with van der Waals surface area (Å²) in [6.07, 6.45) is 0. The number of nitrogens with one attached hydrogen (secondary N) is 2.